The van der Waals surface area contributed by atoms with Crippen LogP contribution in [0.3, 0.4) is 0 Å². The third-order valence-electron chi connectivity index (χ3n) is 19.9. The highest BCUT2D eigenvalue weighted by molar-refractivity contribution is 5.95. The normalized spacial score (nSPS) is 18.7. The predicted octanol–water partition coefficient (Wildman–Crippen LogP) is 13.4. The molecule has 4 aliphatic rings. The molecular formula is C75H88F7N7O8. The summed E-state index contributed by atoms with van der Waals surface area (Å²) >= 11 is 0. The number of rotatable bonds is 27. The molecule has 3 heterocycles. The number of piperidine rings is 2. The zero-order valence-electron chi connectivity index (χ0n) is 55.4. The fourth-order valence-corrected chi connectivity index (χ4v) is 14.1. The molecule has 6 aromatic carbocycles. The number of nitrogens with one attached hydrogen (secondary N) is 1. The minimum absolute atomic E-state index is 0.0255. The summed E-state index contributed by atoms with van der Waals surface area (Å²) in [5, 5.41) is 14.1. The maximum atomic E-state index is 14.2. The van der Waals surface area contributed by atoms with Crippen molar-refractivity contribution in [2.24, 2.45) is 0 Å². The summed E-state index contributed by atoms with van der Waals surface area (Å²) in [4.78, 5) is 64.7. The van der Waals surface area contributed by atoms with Gasteiger partial charge in [-0.3, -0.25) is 19.7 Å². The van der Waals surface area contributed by atoms with Crippen molar-refractivity contribution in [1.82, 2.24) is 29.4 Å². The highest BCUT2D eigenvalue weighted by Gasteiger charge is 2.50. The Morgan fingerprint density at radius 2 is 1.35 bits per heavy atom. The lowest BCUT2D eigenvalue weighted by atomic mass is 9.72. The number of carbonyl (C=O) groups is 4. The van der Waals surface area contributed by atoms with Gasteiger partial charge in [-0.25, -0.2) is 9.18 Å². The summed E-state index contributed by atoms with van der Waals surface area (Å²) in [6.45, 7) is 5.94. The largest absolute Gasteiger partial charge is 0.446 e. The average Bonchev–Trinajstić information content (AvgIpc) is 1.60. The van der Waals surface area contributed by atoms with Crippen LogP contribution >= 0.6 is 0 Å². The summed E-state index contributed by atoms with van der Waals surface area (Å²) in [6, 6.07) is 40.0. The standard InChI is InChI=1S/C75H88F7N7O8/c1-84(36-13-5-8-22-68(91)86(3)43-44-87-38-31-62(32-39-87)97-71(94)83-65-20-12-10-18-63(65)54-15-6-4-7-16-54)49-53-23-25-55(26-24-53)66(90)21-14-37-85(2)69(92)50-95-67-47-56-17-9-11-19-64(56)72(67)33-40-88(41-34-72)42-35-73(58-27-29-61(76)30-28-58)51-89(52-96-73)70(93)57-45-59(74(77,78)79)48-60(46-57)75(80,81)82/h4,6-7,9-12,15-20,23-30,45-46,48,62,66-67,90H,5,8,13-14,21-22,31-44,47,49-52H2,1-3H3,(H,83,94)/t66?,67-,73+/m0/s1. The molecule has 4 amide bonds. The van der Waals surface area contributed by atoms with Gasteiger partial charge in [-0.05, 0) is 161 Å². The molecule has 1 unspecified atom stereocenters. The number of ether oxygens (including phenoxy) is 3. The van der Waals surface area contributed by atoms with Crippen LogP contribution < -0.4 is 5.32 Å². The highest BCUT2D eigenvalue weighted by atomic mass is 19.4. The van der Waals surface area contributed by atoms with Gasteiger partial charge >= 0.3 is 18.4 Å². The quantitative estimate of drug-likeness (QED) is 0.0375. The molecule has 1 aliphatic carbocycles. The van der Waals surface area contributed by atoms with Crippen molar-refractivity contribution in [2.75, 3.05) is 105 Å². The number of likely N-dealkylation sites (tertiary alicyclic amines) is 2. The number of unbranched alkanes of at least 4 members (excludes halogenated alkanes) is 2. The highest BCUT2D eigenvalue weighted by Crippen LogP contribution is 2.49. The molecule has 97 heavy (non-hydrogen) atoms. The van der Waals surface area contributed by atoms with Crippen molar-refractivity contribution < 1.29 is 69.2 Å². The van der Waals surface area contributed by atoms with E-state index in [1.807, 2.05) is 103 Å². The van der Waals surface area contributed by atoms with Crippen LogP contribution in [0.1, 0.15) is 126 Å². The summed E-state index contributed by atoms with van der Waals surface area (Å²) in [5.74, 6) is -1.63. The molecule has 3 fully saturated rings. The molecule has 22 heteroatoms. The first kappa shape index (κ1) is 72.0. The van der Waals surface area contributed by atoms with E-state index < -0.39 is 70.7 Å². The first-order chi connectivity index (χ1) is 46.4. The van der Waals surface area contributed by atoms with Gasteiger partial charge in [0, 0.05) is 82.9 Å². The van der Waals surface area contributed by atoms with Crippen LogP contribution in [0.25, 0.3) is 11.1 Å². The number of benzene rings is 6. The van der Waals surface area contributed by atoms with Crippen molar-refractivity contribution in [3.05, 3.63) is 196 Å². The third-order valence-corrected chi connectivity index (χ3v) is 19.9. The molecule has 0 radical (unpaired) electrons. The van der Waals surface area contributed by atoms with Crippen molar-refractivity contribution in [2.45, 2.75) is 125 Å². The van der Waals surface area contributed by atoms with Crippen LogP contribution in [0.5, 0.6) is 0 Å². The van der Waals surface area contributed by atoms with Gasteiger partial charge in [-0.1, -0.05) is 116 Å². The van der Waals surface area contributed by atoms with E-state index in [1.165, 1.54) is 29.8 Å². The molecule has 520 valence electrons. The molecule has 0 saturated carbocycles. The zero-order valence-corrected chi connectivity index (χ0v) is 55.4. The Bertz CT molecular complexity index is 3570. The molecule has 3 saturated heterocycles. The monoisotopic (exact) mass is 1350 g/mol. The fraction of sp³-hybridized carbons (Fsp3) is 0.467. The van der Waals surface area contributed by atoms with Gasteiger partial charge in [0.05, 0.1) is 35.6 Å². The van der Waals surface area contributed by atoms with E-state index >= 15 is 0 Å². The molecule has 1 spiro atoms. The number of para-hydroxylation sites is 1. The number of amides is 4. The van der Waals surface area contributed by atoms with Gasteiger partial charge in [0.25, 0.3) is 5.91 Å². The Morgan fingerprint density at radius 1 is 0.701 bits per heavy atom. The van der Waals surface area contributed by atoms with Crippen molar-refractivity contribution >= 4 is 29.5 Å². The third kappa shape index (κ3) is 18.7. The minimum Gasteiger partial charge on any atom is -0.446 e. The van der Waals surface area contributed by atoms with Crippen LogP contribution in [0, 0.1) is 5.82 Å². The first-order valence-corrected chi connectivity index (χ1v) is 33.6. The molecule has 3 atom stereocenters. The van der Waals surface area contributed by atoms with Crippen molar-refractivity contribution in [3.8, 4) is 11.1 Å². The van der Waals surface area contributed by atoms with E-state index in [4.69, 9.17) is 14.2 Å². The van der Waals surface area contributed by atoms with Gasteiger partial charge in [-0.2, -0.15) is 26.3 Å². The second kappa shape index (κ2) is 32.3. The molecule has 10 rings (SSSR count). The summed E-state index contributed by atoms with van der Waals surface area (Å²) < 4.78 is 116. The Labute approximate surface area is 563 Å². The number of fused-ring (bicyclic) bond motifs is 2. The number of aliphatic hydroxyl groups is 1. The van der Waals surface area contributed by atoms with E-state index in [2.05, 4.69) is 39.2 Å². The second-order valence-corrected chi connectivity index (χ2v) is 26.5. The molecule has 0 aromatic heterocycles. The van der Waals surface area contributed by atoms with Gasteiger partial charge in [0.2, 0.25) is 11.8 Å². The summed E-state index contributed by atoms with van der Waals surface area (Å²) in [7, 11) is 5.68. The van der Waals surface area contributed by atoms with Crippen LogP contribution in [0.2, 0.25) is 0 Å². The van der Waals surface area contributed by atoms with E-state index in [-0.39, 0.29) is 49.7 Å². The number of aliphatic hydroxyl groups excluding tert-OH is 1. The molecular weight excluding hydrogens is 1260 g/mol. The van der Waals surface area contributed by atoms with E-state index in [0.29, 0.717) is 94.6 Å². The van der Waals surface area contributed by atoms with Crippen LogP contribution in [0.4, 0.5) is 41.2 Å². The number of alkyl halides is 6. The van der Waals surface area contributed by atoms with E-state index in [1.54, 1.807) is 11.9 Å². The molecule has 0 bridgehead atoms. The Morgan fingerprint density at radius 3 is 2.05 bits per heavy atom. The smallest absolute Gasteiger partial charge is 0.416 e. The van der Waals surface area contributed by atoms with Crippen LogP contribution in [-0.4, -0.2) is 170 Å². The fourth-order valence-electron chi connectivity index (χ4n) is 14.1. The first-order valence-electron chi connectivity index (χ1n) is 33.6. The Hall–Kier alpha value is -7.73. The number of nitrogens with zero attached hydrogens (tertiary/aromatic N) is 6. The van der Waals surface area contributed by atoms with E-state index in [0.717, 1.165) is 97.5 Å². The minimum atomic E-state index is -5.15. The molecule has 6 aromatic rings. The number of carbonyl (C=O) groups excluding carboxylic acids is 4. The number of hydrogen-bond acceptors (Lipinski definition) is 11. The lowest BCUT2D eigenvalue weighted by Gasteiger charge is -2.44. The Kier molecular flexibility index (Phi) is 24.0. The maximum Gasteiger partial charge on any atom is 0.416 e. The maximum absolute atomic E-state index is 14.2. The van der Waals surface area contributed by atoms with Gasteiger partial charge in [0.15, 0.2) is 0 Å². The van der Waals surface area contributed by atoms with Gasteiger partial charge < -0.3 is 48.7 Å². The van der Waals surface area contributed by atoms with Gasteiger partial charge in [0.1, 0.15) is 30.9 Å². The number of likely N-dealkylation sites (N-methyl/N-ethyl adjacent to an activating group) is 2. The molecule has 15 nitrogen and oxygen atoms in total. The second-order valence-electron chi connectivity index (χ2n) is 26.5. The van der Waals surface area contributed by atoms with Crippen molar-refractivity contribution in [3.63, 3.8) is 0 Å². The average molecular weight is 1350 g/mol. The molecule has 2 N–H and O–H groups in total. The molecule has 3 aliphatic heterocycles. The topological polar surface area (TPSA) is 148 Å². The SMILES string of the molecule is CN(CCCCCC(=O)N(C)CCN1CCC(OC(=O)Nc2ccccc2-c2ccccc2)CC1)Cc1ccc(C(O)CCCN(C)C(=O)CO[C@H]2Cc3ccccc3C23CCN(CC[C@]2(c4ccc(F)cc4)CN(C(=O)c4cc(C(F)(F)F)cc(C(F)(F)F)c4)CO2)CC3)cc1. The van der Waals surface area contributed by atoms with Gasteiger partial charge in [-0.15, -0.1) is 0 Å². The lowest BCUT2D eigenvalue weighted by molar-refractivity contribution is -0.143. The number of halogens is 7. The van der Waals surface area contributed by atoms with Crippen LogP contribution in [0.15, 0.2) is 146 Å². The Balaban J connectivity index is 0.603. The number of hydrogen-bond donors (Lipinski definition) is 2. The van der Waals surface area contributed by atoms with E-state index in [9.17, 15) is 55.0 Å². The predicted molar refractivity (Wildman–Crippen MR) is 356 cm³/mol. The zero-order chi connectivity index (χ0) is 68.9. The number of anilines is 1. The van der Waals surface area contributed by atoms with Crippen molar-refractivity contribution in [1.29, 1.82) is 0 Å². The lowest BCUT2D eigenvalue weighted by Crippen LogP contribution is -2.50. The van der Waals surface area contributed by atoms with Crippen LogP contribution in [-0.2, 0) is 60.1 Å². The summed E-state index contributed by atoms with van der Waals surface area (Å²) in [6.07, 6.45) is -3.94. The summed E-state index contributed by atoms with van der Waals surface area (Å²) in [5.41, 5.74) is 1.75.